The third-order valence-corrected chi connectivity index (χ3v) is 5.65. The van der Waals surface area contributed by atoms with Crippen molar-refractivity contribution in [1.29, 1.82) is 0 Å². The molecular formula is C19H15N5O2S. The second kappa shape index (κ2) is 5.88. The van der Waals surface area contributed by atoms with E-state index in [2.05, 4.69) is 15.0 Å². The van der Waals surface area contributed by atoms with E-state index in [-0.39, 0.29) is 5.56 Å². The highest BCUT2D eigenvalue weighted by Crippen LogP contribution is 2.35. The average Bonchev–Trinajstić information content (AvgIpc) is 3.21. The topological polar surface area (TPSA) is 77.0 Å². The van der Waals surface area contributed by atoms with E-state index < -0.39 is 0 Å². The van der Waals surface area contributed by atoms with Crippen molar-refractivity contribution in [1.82, 2.24) is 19.5 Å². The van der Waals surface area contributed by atoms with E-state index in [1.165, 1.54) is 17.7 Å². The standard InChI is InChI=1S/C19H15N5O2S/c1-23(2)13-6-7-20-18-15(13)16-17(27-18)19(25)24(9-21-16)11-4-3-5-12-14(8-11)26-10-22-12/h3,5-10H,4H2,1-2H3. The number of thiophene rings is 1. The zero-order valence-corrected chi connectivity index (χ0v) is 15.5. The lowest BCUT2D eigenvalue weighted by Gasteiger charge is -2.13. The predicted octanol–water partition coefficient (Wildman–Crippen LogP) is 3.48. The van der Waals surface area contributed by atoms with Gasteiger partial charge in [0, 0.05) is 38.5 Å². The van der Waals surface area contributed by atoms with Crippen LogP contribution in [-0.4, -0.2) is 33.6 Å². The van der Waals surface area contributed by atoms with Gasteiger partial charge in [0.15, 0.2) is 12.2 Å². The van der Waals surface area contributed by atoms with E-state index in [1.807, 2.05) is 43.3 Å². The molecule has 0 saturated heterocycles. The van der Waals surface area contributed by atoms with Crippen LogP contribution >= 0.6 is 11.3 Å². The van der Waals surface area contributed by atoms with Crippen LogP contribution in [-0.2, 0) is 0 Å². The quantitative estimate of drug-likeness (QED) is 0.532. The summed E-state index contributed by atoms with van der Waals surface area (Å²) in [6.07, 6.45) is 11.0. The second-order valence-electron chi connectivity index (χ2n) is 6.45. The molecule has 4 aromatic rings. The summed E-state index contributed by atoms with van der Waals surface area (Å²) in [4.78, 5) is 29.3. The van der Waals surface area contributed by atoms with E-state index in [9.17, 15) is 4.79 Å². The zero-order chi connectivity index (χ0) is 18.5. The Bertz CT molecular complexity index is 1310. The molecule has 4 heterocycles. The van der Waals surface area contributed by atoms with Gasteiger partial charge in [-0.1, -0.05) is 6.08 Å². The highest BCUT2D eigenvalue weighted by molar-refractivity contribution is 7.25. The van der Waals surface area contributed by atoms with Crippen LogP contribution in [0.3, 0.4) is 0 Å². The van der Waals surface area contributed by atoms with E-state index in [0.717, 1.165) is 27.3 Å². The van der Waals surface area contributed by atoms with Gasteiger partial charge in [-0.3, -0.25) is 9.36 Å². The Labute approximate surface area is 157 Å². The van der Waals surface area contributed by atoms with E-state index in [1.54, 1.807) is 17.1 Å². The smallest absolute Gasteiger partial charge is 0.275 e. The van der Waals surface area contributed by atoms with E-state index >= 15 is 0 Å². The first kappa shape index (κ1) is 16.0. The summed E-state index contributed by atoms with van der Waals surface area (Å²) in [7, 11) is 3.94. The summed E-state index contributed by atoms with van der Waals surface area (Å²) < 4.78 is 7.59. The highest BCUT2D eigenvalue weighted by atomic mass is 32.1. The van der Waals surface area contributed by atoms with Crippen molar-refractivity contribution in [2.24, 2.45) is 0 Å². The lowest BCUT2D eigenvalue weighted by molar-refractivity contribution is 0.548. The number of aromatic nitrogens is 4. The van der Waals surface area contributed by atoms with Gasteiger partial charge in [0.2, 0.25) is 0 Å². The maximum atomic E-state index is 13.2. The first-order valence-corrected chi connectivity index (χ1v) is 9.22. The fourth-order valence-electron chi connectivity index (χ4n) is 3.28. The van der Waals surface area contributed by atoms with Crippen LogP contribution < -0.4 is 10.5 Å². The molecule has 0 saturated carbocycles. The van der Waals surface area contributed by atoms with Crippen molar-refractivity contribution in [2.45, 2.75) is 6.42 Å². The van der Waals surface area contributed by atoms with Crippen LogP contribution in [0.1, 0.15) is 17.9 Å². The molecule has 4 aromatic heterocycles. The van der Waals surface area contributed by atoms with Gasteiger partial charge in [-0.15, -0.1) is 11.3 Å². The number of rotatable bonds is 2. The molecule has 0 amide bonds. The number of hydrogen-bond donors (Lipinski definition) is 0. The molecule has 5 rings (SSSR count). The molecule has 1 aliphatic rings. The summed E-state index contributed by atoms with van der Waals surface area (Å²) in [6, 6.07) is 1.94. The van der Waals surface area contributed by atoms with E-state index in [4.69, 9.17) is 4.42 Å². The van der Waals surface area contributed by atoms with Gasteiger partial charge in [0.05, 0.1) is 16.6 Å². The lowest BCUT2D eigenvalue weighted by atomic mass is 10.2. The highest BCUT2D eigenvalue weighted by Gasteiger charge is 2.18. The third-order valence-electron chi connectivity index (χ3n) is 4.58. The summed E-state index contributed by atoms with van der Waals surface area (Å²) in [5, 5.41) is 0.916. The van der Waals surface area contributed by atoms with Gasteiger partial charge in [0.25, 0.3) is 5.56 Å². The number of pyridine rings is 1. The molecule has 0 bridgehead atoms. The number of fused-ring (bicyclic) bond motifs is 4. The Morgan fingerprint density at radius 2 is 2.15 bits per heavy atom. The Balaban J connectivity index is 1.76. The maximum absolute atomic E-state index is 13.2. The lowest BCUT2D eigenvalue weighted by Crippen LogP contribution is -2.18. The minimum Gasteiger partial charge on any atom is -0.443 e. The number of oxazole rings is 1. The van der Waals surface area contributed by atoms with Crippen molar-refractivity contribution in [3.05, 3.63) is 52.9 Å². The Morgan fingerprint density at radius 1 is 1.26 bits per heavy atom. The minimum atomic E-state index is -0.102. The Morgan fingerprint density at radius 3 is 3.00 bits per heavy atom. The number of hydrogen-bond acceptors (Lipinski definition) is 7. The molecule has 0 atom stereocenters. The monoisotopic (exact) mass is 377 g/mol. The average molecular weight is 377 g/mol. The largest absolute Gasteiger partial charge is 0.443 e. The molecule has 0 aliphatic heterocycles. The molecule has 0 spiro atoms. The molecule has 1 aliphatic carbocycles. The van der Waals surface area contributed by atoms with Crippen molar-refractivity contribution in [3.63, 3.8) is 0 Å². The molecule has 134 valence electrons. The fraction of sp³-hybridized carbons (Fsp3) is 0.158. The van der Waals surface area contributed by atoms with Gasteiger partial charge >= 0.3 is 0 Å². The molecule has 0 N–H and O–H groups in total. The fourth-order valence-corrected chi connectivity index (χ4v) is 4.33. The van der Waals surface area contributed by atoms with Crippen molar-refractivity contribution in [3.8, 4) is 0 Å². The van der Waals surface area contributed by atoms with Crippen LogP contribution in [0, 0.1) is 0 Å². The van der Waals surface area contributed by atoms with Crippen molar-refractivity contribution >= 4 is 55.3 Å². The van der Waals surface area contributed by atoms with Gasteiger partial charge < -0.3 is 9.32 Å². The molecular weight excluding hydrogens is 362 g/mol. The predicted molar refractivity (Wildman–Crippen MR) is 108 cm³/mol. The van der Waals surface area contributed by atoms with Crippen molar-refractivity contribution < 1.29 is 4.42 Å². The van der Waals surface area contributed by atoms with Crippen LogP contribution in [0.25, 0.3) is 38.3 Å². The minimum absolute atomic E-state index is 0.102. The van der Waals surface area contributed by atoms with Gasteiger partial charge in [-0.2, -0.15) is 0 Å². The second-order valence-corrected chi connectivity index (χ2v) is 7.45. The normalized spacial score (nSPS) is 13.6. The van der Waals surface area contributed by atoms with E-state index in [0.29, 0.717) is 22.4 Å². The maximum Gasteiger partial charge on any atom is 0.275 e. The molecule has 0 fully saturated rings. The van der Waals surface area contributed by atoms with Crippen LogP contribution in [0.2, 0.25) is 0 Å². The zero-order valence-electron chi connectivity index (χ0n) is 14.7. The van der Waals surface area contributed by atoms with Gasteiger partial charge in [-0.25, -0.2) is 15.0 Å². The molecule has 27 heavy (non-hydrogen) atoms. The summed E-state index contributed by atoms with van der Waals surface area (Å²) in [6.45, 7) is 0. The first-order valence-electron chi connectivity index (χ1n) is 8.40. The molecule has 7 nitrogen and oxygen atoms in total. The molecule has 0 aromatic carbocycles. The van der Waals surface area contributed by atoms with Gasteiger partial charge in [0.1, 0.15) is 21.6 Å². The van der Waals surface area contributed by atoms with Gasteiger partial charge in [-0.05, 0) is 12.1 Å². The third kappa shape index (κ3) is 2.41. The summed E-state index contributed by atoms with van der Waals surface area (Å²) in [5.74, 6) is 0.638. The first-order chi connectivity index (χ1) is 13.1. The SMILES string of the molecule is CN(C)c1ccnc2sc3c(=O)n(C4=Cc5ocnc5C=CC4)cnc3c12. The van der Waals surface area contributed by atoms with Crippen LogP contribution in [0.4, 0.5) is 5.69 Å². The summed E-state index contributed by atoms with van der Waals surface area (Å²) in [5.41, 5.74) is 3.14. The Kier molecular flexibility index (Phi) is 3.48. The molecule has 0 radical (unpaired) electrons. The molecule has 8 heteroatoms. The number of anilines is 1. The van der Waals surface area contributed by atoms with Crippen molar-refractivity contribution in [2.75, 3.05) is 19.0 Å². The number of allylic oxidation sites excluding steroid dienone is 2. The Hall–Kier alpha value is -3.26. The molecule has 0 unspecified atom stereocenters. The van der Waals surface area contributed by atoms with Crippen LogP contribution in [0.15, 0.2) is 40.3 Å². The number of nitrogens with zero attached hydrogens (tertiary/aromatic N) is 5. The summed E-state index contributed by atoms with van der Waals surface area (Å²) >= 11 is 1.38. The van der Waals surface area contributed by atoms with Crippen LogP contribution in [0.5, 0.6) is 0 Å².